The number of carbonyl (C=O) groups excluding carboxylic acids is 1. The Bertz CT molecular complexity index is 397. The fourth-order valence-electron chi connectivity index (χ4n) is 2.20. The highest BCUT2D eigenvalue weighted by Crippen LogP contribution is 2.27. The van der Waals surface area contributed by atoms with Crippen LogP contribution in [0, 0.1) is 0 Å². The van der Waals surface area contributed by atoms with E-state index in [0.717, 1.165) is 28.8 Å². The molecule has 86 valence electrons. The number of hydrogen-bond donors (Lipinski definition) is 0. The summed E-state index contributed by atoms with van der Waals surface area (Å²) in [5.74, 6) is 0.141. The van der Waals surface area contributed by atoms with Crippen molar-refractivity contribution in [3.8, 4) is 0 Å². The first-order valence-corrected chi connectivity index (χ1v) is 6.53. The van der Waals surface area contributed by atoms with Gasteiger partial charge in [-0.05, 0) is 44.4 Å². The van der Waals surface area contributed by atoms with Crippen molar-refractivity contribution >= 4 is 27.4 Å². The van der Waals surface area contributed by atoms with Crippen LogP contribution in [0.2, 0.25) is 0 Å². The molecule has 3 heteroatoms. The summed E-state index contributed by atoms with van der Waals surface area (Å²) in [6, 6.07) is 5.98. The molecule has 0 radical (unpaired) electrons. The van der Waals surface area contributed by atoms with Crippen molar-refractivity contribution < 1.29 is 4.79 Å². The Kier molecular flexibility index (Phi) is 3.64. The van der Waals surface area contributed by atoms with Crippen LogP contribution >= 0.6 is 15.9 Å². The molecule has 0 unspecified atom stereocenters. The summed E-state index contributed by atoms with van der Waals surface area (Å²) in [5.41, 5.74) is 1.92. The Morgan fingerprint density at radius 3 is 2.56 bits per heavy atom. The van der Waals surface area contributed by atoms with Gasteiger partial charge in [0.2, 0.25) is 0 Å². The minimum atomic E-state index is 0.141. The highest BCUT2D eigenvalue weighted by atomic mass is 79.9. The van der Waals surface area contributed by atoms with Gasteiger partial charge in [-0.25, -0.2) is 0 Å². The van der Waals surface area contributed by atoms with Gasteiger partial charge in [0.1, 0.15) is 0 Å². The zero-order valence-corrected chi connectivity index (χ0v) is 11.1. The summed E-state index contributed by atoms with van der Waals surface area (Å²) in [6.45, 7) is 3.78. The van der Waals surface area contributed by atoms with E-state index in [2.05, 4.69) is 20.8 Å². The highest BCUT2D eigenvalue weighted by molar-refractivity contribution is 9.10. The molecule has 1 saturated heterocycles. The lowest BCUT2D eigenvalue weighted by Crippen LogP contribution is -2.30. The number of anilines is 1. The first-order valence-electron chi connectivity index (χ1n) is 5.74. The second kappa shape index (κ2) is 5.00. The smallest absolute Gasteiger partial charge is 0.161 e. The molecular formula is C13H16BrNO. The van der Waals surface area contributed by atoms with Crippen LogP contribution in [-0.4, -0.2) is 18.9 Å². The van der Waals surface area contributed by atoms with E-state index in [4.69, 9.17) is 0 Å². The molecular weight excluding hydrogens is 266 g/mol. The Morgan fingerprint density at radius 1 is 1.25 bits per heavy atom. The largest absolute Gasteiger partial charge is 0.371 e. The monoisotopic (exact) mass is 281 g/mol. The maximum atomic E-state index is 11.6. The van der Waals surface area contributed by atoms with Crippen LogP contribution in [0.1, 0.15) is 36.5 Å². The van der Waals surface area contributed by atoms with E-state index >= 15 is 0 Å². The predicted octanol–water partition coefficient (Wildman–Crippen LogP) is 3.64. The van der Waals surface area contributed by atoms with Crippen molar-refractivity contribution in [1.82, 2.24) is 0 Å². The number of halogens is 1. The van der Waals surface area contributed by atoms with Gasteiger partial charge in [-0.2, -0.15) is 0 Å². The fraction of sp³-hybridized carbons (Fsp3) is 0.462. The van der Waals surface area contributed by atoms with Crippen LogP contribution in [0.25, 0.3) is 0 Å². The van der Waals surface area contributed by atoms with Gasteiger partial charge in [0.15, 0.2) is 5.78 Å². The summed E-state index contributed by atoms with van der Waals surface area (Å²) in [5, 5.41) is 0. The number of benzene rings is 1. The zero-order chi connectivity index (χ0) is 11.5. The molecule has 0 N–H and O–H groups in total. The van der Waals surface area contributed by atoms with Gasteiger partial charge in [0, 0.05) is 28.8 Å². The number of carbonyl (C=O) groups is 1. The van der Waals surface area contributed by atoms with E-state index in [9.17, 15) is 4.79 Å². The first-order chi connectivity index (χ1) is 7.68. The minimum absolute atomic E-state index is 0.141. The number of hydrogen-bond acceptors (Lipinski definition) is 2. The maximum Gasteiger partial charge on any atom is 0.161 e. The molecule has 0 aliphatic carbocycles. The SMILES string of the molecule is CC(=O)c1cc(Br)ccc1N1CCCCC1. The number of nitrogens with zero attached hydrogens (tertiary/aromatic N) is 1. The van der Waals surface area contributed by atoms with Crippen molar-refractivity contribution in [3.05, 3.63) is 28.2 Å². The zero-order valence-electron chi connectivity index (χ0n) is 9.50. The Balaban J connectivity index is 2.34. The van der Waals surface area contributed by atoms with Crippen molar-refractivity contribution in [2.45, 2.75) is 26.2 Å². The summed E-state index contributed by atoms with van der Waals surface area (Å²) in [6.07, 6.45) is 3.77. The lowest BCUT2D eigenvalue weighted by molar-refractivity contribution is 0.101. The standard InChI is InChI=1S/C13H16BrNO/c1-10(16)12-9-11(14)5-6-13(12)15-7-3-2-4-8-15/h5-6,9H,2-4,7-8H2,1H3. The van der Waals surface area contributed by atoms with Gasteiger partial charge in [-0.1, -0.05) is 15.9 Å². The molecule has 0 saturated carbocycles. The molecule has 1 aliphatic rings. The van der Waals surface area contributed by atoms with Gasteiger partial charge >= 0.3 is 0 Å². The molecule has 0 atom stereocenters. The van der Waals surface area contributed by atoms with Crippen molar-refractivity contribution in [2.75, 3.05) is 18.0 Å². The number of Topliss-reactive ketones (excluding diaryl/α,β-unsaturated/α-hetero) is 1. The van der Waals surface area contributed by atoms with E-state index in [1.807, 2.05) is 18.2 Å². The Hall–Kier alpha value is -0.830. The van der Waals surface area contributed by atoms with Crippen molar-refractivity contribution in [2.24, 2.45) is 0 Å². The van der Waals surface area contributed by atoms with Crippen LogP contribution in [-0.2, 0) is 0 Å². The molecule has 0 aromatic heterocycles. The topological polar surface area (TPSA) is 20.3 Å². The van der Waals surface area contributed by atoms with Gasteiger partial charge in [0.05, 0.1) is 0 Å². The van der Waals surface area contributed by atoms with Gasteiger partial charge in [-0.3, -0.25) is 4.79 Å². The molecule has 0 spiro atoms. The van der Waals surface area contributed by atoms with E-state index in [1.54, 1.807) is 6.92 Å². The molecule has 1 aliphatic heterocycles. The van der Waals surface area contributed by atoms with Crippen molar-refractivity contribution in [1.29, 1.82) is 0 Å². The third-order valence-electron chi connectivity index (χ3n) is 3.03. The second-order valence-electron chi connectivity index (χ2n) is 4.27. The molecule has 1 aromatic rings. The normalized spacial score (nSPS) is 16.2. The predicted molar refractivity (Wildman–Crippen MR) is 70.2 cm³/mol. The van der Waals surface area contributed by atoms with Crippen LogP contribution < -0.4 is 4.90 Å². The highest BCUT2D eigenvalue weighted by Gasteiger charge is 2.16. The summed E-state index contributed by atoms with van der Waals surface area (Å²) in [7, 11) is 0. The molecule has 0 amide bonds. The third-order valence-corrected chi connectivity index (χ3v) is 3.53. The number of rotatable bonds is 2. The van der Waals surface area contributed by atoms with E-state index in [0.29, 0.717) is 0 Å². The van der Waals surface area contributed by atoms with Crippen LogP contribution in [0.3, 0.4) is 0 Å². The van der Waals surface area contributed by atoms with E-state index < -0.39 is 0 Å². The second-order valence-corrected chi connectivity index (χ2v) is 5.18. The molecule has 1 heterocycles. The molecule has 1 fully saturated rings. The van der Waals surface area contributed by atoms with Gasteiger partial charge in [-0.15, -0.1) is 0 Å². The Morgan fingerprint density at radius 2 is 1.94 bits per heavy atom. The van der Waals surface area contributed by atoms with E-state index in [1.165, 1.54) is 19.3 Å². The molecule has 2 rings (SSSR count). The summed E-state index contributed by atoms with van der Waals surface area (Å²) >= 11 is 3.42. The summed E-state index contributed by atoms with van der Waals surface area (Å²) < 4.78 is 0.971. The average molecular weight is 282 g/mol. The third kappa shape index (κ3) is 2.46. The minimum Gasteiger partial charge on any atom is -0.371 e. The fourth-order valence-corrected chi connectivity index (χ4v) is 2.56. The van der Waals surface area contributed by atoms with Gasteiger partial charge < -0.3 is 4.90 Å². The van der Waals surface area contributed by atoms with Crippen LogP contribution in [0.4, 0.5) is 5.69 Å². The van der Waals surface area contributed by atoms with Crippen molar-refractivity contribution in [3.63, 3.8) is 0 Å². The maximum absolute atomic E-state index is 11.6. The number of piperidine rings is 1. The van der Waals surface area contributed by atoms with Gasteiger partial charge in [0.25, 0.3) is 0 Å². The van der Waals surface area contributed by atoms with Crippen LogP contribution in [0.15, 0.2) is 22.7 Å². The average Bonchev–Trinajstić information content (AvgIpc) is 2.30. The molecule has 2 nitrogen and oxygen atoms in total. The lowest BCUT2D eigenvalue weighted by Gasteiger charge is -2.30. The van der Waals surface area contributed by atoms with E-state index in [-0.39, 0.29) is 5.78 Å². The first kappa shape index (κ1) is 11.6. The quantitative estimate of drug-likeness (QED) is 0.772. The van der Waals surface area contributed by atoms with Crippen LogP contribution in [0.5, 0.6) is 0 Å². The molecule has 0 bridgehead atoms. The summed E-state index contributed by atoms with van der Waals surface area (Å²) in [4.78, 5) is 13.9. The Labute approximate surface area is 105 Å². The molecule has 16 heavy (non-hydrogen) atoms. The molecule has 1 aromatic carbocycles. The number of ketones is 1. The lowest BCUT2D eigenvalue weighted by atomic mass is 10.1.